The van der Waals surface area contributed by atoms with Gasteiger partial charge < -0.3 is 14.8 Å². The second-order valence-corrected chi connectivity index (χ2v) is 6.49. The summed E-state index contributed by atoms with van der Waals surface area (Å²) in [6.45, 7) is 6.47. The molecule has 1 aromatic heterocycles. The predicted molar refractivity (Wildman–Crippen MR) is 102 cm³/mol. The molecule has 0 radical (unpaired) electrons. The number of benzene rings is 1. The Bertz CT molecular complexity index is 742. The topological polar surface area (TPSA) is 68.6 Å². The standard InChI is InChI=1S/C19H28N4O3/c1-13(2)23-17(10-11-20-23)21-19(24)14(3)22(4)12-15-8-7-9-16(25-5)18(15)26-6/h7-11,13-14H,12H2,1-6H3,(H,21,24)/t14-/m1/s1. The van der Waals surface area contributed by atoms with Crippen LogP contribution < -0.4 is 14.8 Å². The Kier molecular flexibility index (Phi) is 6.63. The van der Waals surface area contributed by atoms with Gasteiger partial charge in [-0.2, -0.15) is 5.10 Å². The van der Waals surface area contributed by atoms with Crippen molar-refractivity contribution in [1.29, 1.82) is 0 Å². The summed E-state index contributed by atoms with van der Waals surface area (Å²) >= 11 is 0. The van der Waals surface area contributed by atoms with Crippen molar-refractivity contribution in [2.24, 2.45) is 0 Å². The summed E-state index contributed by atoms with van der Waals surface area (Å²) in [6.07, 6.45) is 1.69. The van der Waals surface area contributed by atoms with E-state index in [2.05, 4.69) is 10.4 Å². The Hall–Kier alpha value is -2.54. The van der Waals surface area contributed by atoms with Crippen molar-refractivity contribution in [1.82, 2.24) is 14.7 Å². The molecule has 0 bridgehead atoms. The summed E-state index contributed by atoms with van der Waals surface area (Å²) in [7, 11) is 5.13. The highest BCUT2D eigenvalue weighted by Crippen LogP contribution is 2.31. The number of hydrogen-bond donors (Lipinski definition) is 1. The number of nitrogens with zero attached hydrogens (tertiary/aromatic N) is 3. The molecule has 2 aromatic rings. The van der Waals surface area contributed by atoms with Gasteiger partial charge in [0.05, 0.1) is 26.5 Å². The van der Waals surface area contributed by atoms with Crippen LogP contribution in [-0.4, -0.2) is 47.9 Å². The van der Waals surface area contributed by atoms with Gasteiger partial charge in [-0.3, -0.25) is 9.69 Å². The minimum Gasteiger partial charge on any atom is -0.493 e. The van der Waals surface area contributed by atoms with E-state index in [4.69, 9.17) is 9.47 Å². The van der Waals surface area contributed by atoms with Gasteiger partial charge in [0, 0.05) is 24.2 Å². The van der Waals surface area contributed by atoms with Crippen molar-refractivity contribution in [2.75, 3.05) is 26.6 Å². The van der Waals surface area contributed by atoms with Gasteiger partial charge in [0.25, 0.3) is 0 Å². The van der Waals surface area contributed by atoms with E-state index in [0.29, 0.717) is 23.9 Å². The molecule has 26 heavy (non-hydrogen) atoms. The van der Waals surface area contributed by atoms with Gasteiger partial charge >= 0.3 is 0 Å². The van der Waals surface area contributed by atoms with Crippen molar-refractivity contribution in [2.45, 2.75) is 39.4 Å². The van der Waals surface area contributed by atoms with Gasteiger partial charge in [-0.15, -0.1) is 0 Å². The SMILES string of the molecule is COc1cccc(CN(C)[C@H](C)C(=O)Nc2ccnn2C(C)C)c1OC. The van der Waals surface area contributed by atoms with Crippen LogP contribution in [0.1, 0.15) is 32.4 Å². The fourth-order valence-electron chi connectivity index (χ4n) is 2.74. The Balaban J connectivity index is 2.08. The van der Waals surface area contributed by atoms with Crippen molar-refractivity contribution < 1.29 is 14.3 Å². The second-order valence-electron chi connectivity index (χ2n) is 6.49. The average Bonchev–Trinajstić information content (AvgIpc) is 3.08. The zero-order valence-electron chi connectivity index (χ0n) is 16.3. The summed E-state index contributed by atoms with van der Waals surface area (Å²) in [5.41, 5.74) is 0.959. The van der Waals surface area contributed by atoms with Crippen molar-refractivity contribution in [3.8, 4) is 11.5 Å². The Labute approximate surface area is 154 Å². The Morgan fingerprint density at radius 3 is 2.58 bits per heavy atom. The van der Waals surface area contributed by atoms with Gasteiger partial charge in [-0.1, -0.05) is 12.1 Å². The molecular weight excluding hydrogens is 332 g/mol. The minimum absolute atomic E-state index is 0.0863. The number of ether oxygens (including phenoxy) is 2. The van der Waals surface area contributed by atoms with Crippen LogP contribution in [-0.2, 0) is 11.3 Å². The molecule has 0 aliphatic heterocycles. The molecule has 0 unspecified atom stereocenters. The number of carbonyl (C=O) groups excluding carboxylic acids is 1. The normalized spacial score (nSPS) is 12.3. The number of methoxy groups -OCH3 is 2. The first-order valence-corrected chi connectivity index (χ1v) is 8.63. The number of amides is 1. The molecule has 2 rings (SSSR count). The Morgan fingerprint density at radius 2 is 1.96 bits per heavy atom. The zero-order chi connectivity index (χ0) is 19.3. The van der Waals surface area contributed by atoms with E-state index in [0.717, 1.165) is 5.56 Å². The molecule has 142 valence electrons. The van der Waals surface area contributed by atoms with E-state index in [1.54, 1.807) is 31.2 Å². The highest BCUT2D eigenvalue weighted by Gasteiger charge is 2.21. The third kappa shape index (κ3) is 4.35. The molecule has 1 aromatic carbocycles. The van der Waals surface area contributed by atoms with Crippen LogP contribution in [0.2, 0.25) is 0 Å². The maximum Gasteiger partial charge on any atom is 0.242 e. The molecule has 0 fully saturated rings. The van der Waals surface area contributed by atoms with Crippen molar-refractivity contribution in [3.05, 3.63) is 36.0 Å². The third-order valence-electron chi connectivity index (χ3n) is 4.36. The van der Waals surface area contributed by atoms with Gasteiger partial charge in [-0.05, 0) is 33.9 Å². The number of anilines is 1. The molecule has 1 amide bonds. The fourth-order valence-corrected chi connectivity index (χ4v) is 2.74. The molecular formula is C19H28N4O3. The molecule has 1 heterocycles. The van der Waals surface area contributed by atoms with E-state index in [-0.39, 0.29) is 18.0 Å². The number of likely N-dealkylation sites (N-methyl/N-ethyl adjacent to an activating group) is 1. The first-order valence-electron chi connectivity index (χ1n) is 8.63. The summed E-state index contributed by atoms with van der Waals surface area (Å²) < 4.78 is 12.6. The van der Waals surface area contributed by atoms with E-state index in [1.807, 2.05) is 50.9 Å². The highest BCUT2D eigenvalue weighted by atomic mass is 16.5. The highest BCUT2D eigenvalue weighted by molar-refractivity contribution is 5.93. The Morgan fingerprint density at radius 1 is 1.23 bits per heavy atom. The molecule has 0 aliphatic rings. The molecule has 0 saturated carbocycles. The summed E-state index contributed by atoms with van der Waals surface area (Å²) in [5.74, 6) is 1.98. The number of para-hydroxylation sites is 1. The van der Waals surface area contributed by atoms with Gasteiger partial charge in [0.2, 0.25) is 5.91 Å². The van der Waals surface area contributed by atoms with Gasteiger partial charge in [0.15, 0.2) is 11.5 Å². The average molecular weight is 360 g/mol. The van der Waals surface area contributed by atoms with Gasteiger partial charge in [0.1, 0.15) is 5.82 Å². The first-order chi connectivity index (χ1) is 12.4. The molecule has 1 N–H and O–H groups in total. The lowest BCUT2D eigenvalue weighted by Crippen LogP contribution is -2.39. The minimum atomic E-state index is -0.332. The van der Waals surface area contributed by atoms with E-state index < -0.39 is 0 Å². The summed E-state index contributed by atoms with van der Waals surface area (Å²) in [5, 5.41) is 7.19. The van der Waals surface area contributed by atoms with Crippen LogP contribution in [0.5, 0.6) is 11.5 Å². The first kappa shape index (κ1) is 19.8. The zero-order valence-corrected chi connectivity index (χ0v) is 16.3. The molecule has 1 atom stereocenters. The lowest BCUT2D eigenvalue weighted by molar-refractivity contribution is -0.120. The number of nitrogens with one attached hydrogen (secondary N) is 1. The maximum absolute atomic E-state index is 12.6. The monoisotopic (exact) mass is 360 g/mol. The molecule has 0 saturated heterocycles. The quantitative estimate of drug-likeness (QED) is 0.784. The van der Waals surface area contributed by atoms with Gasteiger partial charge in [-0.25, -0.2) is 4.68 Å². The summed E-state index contributed by atoms with van der Waals surface area (Å²) in [4.78, 5) is 14.6. The predicted octanol–water partition coefficient (Wildman–Crippen LogP) is 2.94. The third-order valence-corrected chi connectivity index (χ3v) is 4.36. The molecule has 0 aliphatic carbocycles. The van der Waals surface area contributed by atoms with Crippen LogP contribution in [0.3, 0.4) is 0 Å². The van der Waals surface area contributed by atoms with E-state index in [1.165, 1.54) is 0 Å². The largest absolute Gasteiger partial charge is 0.493 e. The molecule has 7 heteroatoms. The number of hydrogen-bond acceptors (Lipinski definition) is 5. The summed E-state index contributed by atoms with van der Waals surface area (Å²) in [6, 6.07) is 7.38. The fraction of sp³-hybridized carbons (Fsp3) is 0.474. The lowest BCUT2D eigenvalue weighted by Gasteiger charge is -2.25. The molecule has 0 spiro atoms. The van der Waals surface area contributed by atoms with Crippen LogP contribution in [0, 0.1) is 0 Å². The lowest BCUT2D eigenvalue weighted by atomic mass is 10.1. The number of rotatable bonds is 8. The smallest absolute Gasteiger partial charge is 0.242 e. The van der Waals surface area contributed by atoms with Crippen LogP contribution in [0.25, 0.3) is 0 Å². The number of aromatic nitrogens is 2. The van der Waals surface area contributed by atoms with E-state index >= 15 is 0 Å². The van der Waals surface area contributed by atoms with Crippen molar-refractivity contribution >= 4 is 11.7 Å². The van der Waals surface area contributed by atoms with Crippen molar-refractivity contribution in [3.63, 3.8) is 0 Å². The maximum atomic E-state index is 12.6. The number of carbonyl (C=O) groups is 1. The van der Waals surface area contributed by atoms with Crippen LogP contribution in [0.4, 0.5) is 5.82 Å². The second kappa shape index (κ2) is 8.71. The molecule has 7 nitrogen and oxygen atoms in total. The van der Waals surface area contributed by atoms with Crippen LogP contribution in [0.15, 0.2) is 30.5 Å². The van der Waals surface area contributed by atoms with Crippen LogP contribution >= 0.6 is 0 Å². The van der Waals surface area contributed by atoms with E-state index in [9.17, 15) is 4.79 Å².